The molecule has 1 atom stereocenters. The summed E-state index contributed by atoms with van der Waals surface area (Å²) in [6.07, 6.45) is 2.56. The van der Waals surface area contributed by atoms with E-state index in [-0.39, 0.29) is 27.5 Å². The average molecular weight is 481 g/mol. The lowest BCUT2D eigenvalue weighted by Gasteiger charge is -2.14. The van der Waals surface area contributed by atoms with Gasteiger partial charge in [-0.15, -0.1) is 15.7 Å². The molecule has 0 aliphatic carbocycles. The number of carbonyl (C=O) groups is 1. The zero-order valence-corrected chi connectivity index (χ0v) is 19.3. The third-order valence-corrected chi connectivity index (χ3v) is 7.65. The van der Waals surface area contributed by atoms with Gasteiger partial charge in [-0.2, -0.15) is 4.39 Å². The van der Waals surface area contributed by atoms with E-state index in [1.165, 1.54) is 18.5 Å². The number of carbonyl (C=O) groups excluding carboxylic acids is 1. The van der Waals surface area contributed by atoms with Crippen molar-refractivity contribution in [1.82, 2.24) is 9.97 Å². The fourth-order valence-electron chi connectivity index (χ4n) is 3.09. The summed E-state index contributed by atoms with van der Waals surface area (Å²) in [4.78, 5) is 20.3. The van der Waals surface area contributed by atoms with Crippen LogP contribution in [-0.4, -0.2) is 25.2 Å². The number of rotatable bonds is 6. The topological polar surface area (TPSA) is 119 Å². The van der Waals surface area contributed by atoms with Crippen molar-refractivity contribution in [3.05, 3.63) is 64.4 Å². The number of pyridine rings is 2. The summed E-state index contributed by atoms with van der Waals surface area (Å²) in [5.41, 5.74) is -0.0483. The zero-order chi connectivity index (χ0) is 23.7. The Kier molecular flexibility index (Phi) is 6.84. The van der Waals surface area contributed by atoms with Crippen LogP contribution in [0.4, 0.5) is 8.78 Å². The van der Waals surface area contributed by atoms with Gasteiger partial charge in [0.2, 0.25) is 5.95 Å². The van der Waals surface area contributed by atoms with E-state index in [9.17, 15) is 22.9 Å². The van der Waals surface area contributed by atoms with Gasteiger partial charge in [0.05, 0.1) is 17.7 Å². The zero-order valence-electron chi connectivity index (χ0n) is 17.6. The van der Waals surface area contributed by atoms with Gasteiger partial charge in [0.25, 0.3) is 5.91 Å². The lowest BCUT2D eigenvalue weighted by atomic mass is 9.97. The summed E-state index contributed by atoms with van der Waals surface area (Å²) in [6.45, 7) is 4.74. The van der Waals surface area contributed by atoms with Gasteiger partial charge in [-0.3, -0.25) is 9.78 Å². The molecule has 0 aromatic carbocycles. The molecule has 0 bridgehead atoms. The van der Waals surface area contributed by atoms with Gasteiger partial charge in [0.15, 0.2) is 15.7 Å². The monoisotopic (exact) mass is 480 g/mol. The number of nitrogens with zero attached hydrogens (tertiary/aromatic N) is 3. The Hall–Kier alpha value is -2.60. The van der Waals surface area contributed by atoms with Crippen LogP contribution in [0.2, 0.25) is 0 Å². The van der Waals surface area contributed by atoms with Crippen LogP contribution < -0.4 is 5.14 Å². The maximum Gasteiger partial charge on any atom is 0.259 e. The predicted octanol–water partition coefficient (Wildman–Crippen LogP) is 3.74. The number of aliphatic hydroxyl groups is 1. The maximum absolute atomic E-state index is 14.4. The van der Waals surface area contributed by atoms with Crippen molar-refractivity contribution in [2.75, 3.05) is 0 Å². The van der Waals surface area contributed by atoms with Crippen molar-refractivity contribution in [3.63, 3.8) is 0 Å². The number of amides is 1. The van der Waals surface area contributed by atoms with Gasteiger partial charge in [-0.25, -0.2) is 18.7 Å². The van der Waals surface area contributed by atoms with E-state index in [0.717, 1.165) is 11.3 Å². The van der Waals surface area contributed by atoms with Gasteiger partial charge in [0.1, 0.15) is 4.21 Å². The standard InChI is InChI=1S/C21H22F2N4O3S2/c1-4-14-15(19(26-20(23)18(14)22)12-5-7-25-8-6-12)10-16(28)27-32(24,30)17-9-13(11-31-17)21(2,3)29/h5-9,11,29H,4,10H2,1-3H3,(H2,24,27,28,30). The van der Waals surface area contributed by atoms with Crippen molar-refractivity contribution in [3.8, 4) is 11.3 Å². The SMILES string of the molecule is CCc1c(F)c(F)nc(-c2ccncc2)c1CC(=O)N=S(N)(=O)c1cc(C(C)(C)O)cs1. The van der Waals surface area contributed by atoms with Crippen molar-refractivity contribution in [2.45, 2.75) is 43.4 Å². The molecular formula is C21H22F2N4O3S2. The van der Waals surface area contributed by atoms with Crippen LogP contribution >= 0.6 is 11.3 Å². The number of hydrogen-bond acceptors (Lipinski definition) is 6. The highest BCUT2D eigenvalue weighted by atomic mass is 32.2. The van der Waals surface area contributed by atoms with Crippen molar-refractivity contribution in [1.29, 1.82) is 0 Å². The molecule has 3 heterocycles. The molecule has 3 rings (SSSR count). The van der Waals surface area contributed by atoms with Crippen LogP contribution in [0.25, 0.3) is 11.3 Å². The first-order valence-electron chi connectivity index (χ1n) is 9.60. The molecule has 7 nitrogen and oxygen atoms in total. The minimum Gasteiger partial charge on any atom is -0.386 e. The van der Waals surface area contributed by atoms with Gasteiger partial charge in [0, 0.05) is 18.0 Å². The Bertz CT molecular complexity index is 1280. The molecule has 1 unspecified atom stereocenters. The first kappa shape index (κ1) is 24.1. The summed E-state index contributed by atoms with van der Waals surface area (Å²) in [5.74, 6) is -3.29. The molecule has 0 radical (unpaired) electrons. The summed E-state index contributed by atoms with van der Waals surface area (Å²) in [7, 11) is -3.60. The number of thiophene rings is 1. The summed E-state index contributed by atoms with van der Waals surface area (Å²) in [5, 5.41) is 17.5. The van der Waals surface area contributed by atoms with E-state index < -0.39 is 39.6 Å². The van der Waals surface area contributed by atoms with E-state index in [2.05, 4.69) is 14.3 Å². The molecule has 3 aromatic rings. The molecular weight excluding hydrogens is 458 g/mol. The number of hydrogen-bond donors (Lipinski definition) is 2. The highest BCUT2D eigenvalue weighted by Gasteiger charge is 2.24. The molecule has 0 saturated heterocycles. The third-order valence-electron chi connectivity index (χ3n) is 4.75. The van der Waals surface area contributed by atoms with Crippen molar-refractivity contribution >= 4 is 27.2 Å². The second kappa shape index (κ2) is 9.10. The first-order chi connectivity index (χ1) is 14.9. The van der Waals surface area contributed by atoms with Crippen molar-refractivity contribution in [2.24, 2.45) is 9.50 Å². The van der Waals surface area contributed by atoms with E-state index in [0.29, 0.717) is 11.1 Å². The molecule has 170 valence electrons. The van der Waals surface area contributed by atoms with E-state index in [1.54, 1.807) is 38.3 Å². The normalized spacial score (nSPS) is 13.6. The number of halogens is 2. The Morgan fingerprint density at radius 3 is 2.50 bits per heavy atom. The Morgan fingerprint density at radius 2 is 1.94 bits per heavy atom. The molecule has 0 aliphatic rings. The molecule has 0 aliphatic heterocycles. The maximum atomic E-state index is 14.4. The van der Waals surface area contributed by atoms with Crippen LogP contribution in [0.5, 0.6) is 0 Å². The number of nitrogens with two attached hydrogens (primary N) is 1. The van der Waals surface area contributed by atoms with Gasteiger partial charge < -0.3 is 5.11 Å². The second-order valence-electron chi connectivity index (χ2n) is 7.56. The minimum atomic E-state index is -3.60. The Balaban J connectivity index is 2.04. The van der Waals surface area contributed by atoms with Gasteiger partial charge in [-0.1, -0.05) is 6.92 Å². The van der Waals surface area contributed by atoms with Gasteiger partial charge in [-0.05, 0) is 60.5 Å². The summed E-state index contributed by atoms with van der Waals surface area (Å²) >= 11 is 1.01. The smallest absolute Gasteiger partial charge is 0.259 e. The Labute approximate surface area is 188 Å². The summed E-state index contributed by atoms with van der Waals surface area (Å²) in [6, 6.07) is 4.54. The highest BCUT2D eigenvalue weighted by Crippen LogP contribution is 2.30. The van der Waals surface area contributed by atoms with Crippen LogP contribution in [-0.2, 0) is 33.2 Å². The quantitative estimate of drug-likeness (QED) is 0.521. The molecule has 0 saturated carbocycles. The van der Waals surface area contributed by atoms with Gasteiger partial charge >= 0.3 is 0 Å². The summed E-state index contributed by atoms with van der Waals surface area (Å²) < 4.78 is 45.3. The highest BCUT2D eigenvalue weighted by molar-refractivity contribution is 7.93. The molecule has 3 N–H and O–H groups in total. The first-order valence-corrected chi connectivity index (χ1v) is 12.1. The lowest BCUT2D eigenvalue weighted by Crippen LogP contribution is -2.17. The Morgan fingerprint density at radius 1 is 1.28 bits per heavy atom. The largest absolute Gasteiger partial charge is 0.386 e. The molecule has 3 aromatic heterocycles. The molecule has 11 heteroatoms. The fourth-order valence-corrected chi connectivity index (χ4v) is 5.45. The van der Waals surface area contributed by atoms with Crippen LogP contribution in [0, 0.1) is 11.8 Å². The van der Waals surface area contributed by atoms with E-state index >= 15 is 0 Å². The number of aromatic nitrogens is 2. The van der Waals surface area contributed by atoms with E-state index in [4.69, 9.17) is 5.14 Å². The second-order valence-corrected chi connectivity index (χ2v) is 10.5. The third kappa shape index (κ3) is 5.07. The predicted molar refractivity (Wildman–Crippen MR) is 118 cm³/mol. The van der Waals surface area contributed by atoms with E-state index in [1.807, 2.05) is 0 Å². The molecule has 0 fully saturated rings. The van der Waals surface area contributed by atoms with Crippen LogP contribution in [0.3, 0.4) is 0 Å². The fraction of sp³-hybridized carbons (Fsp3) is 0.286. The van der Waals surface area contributed by atoms with Crippen molar-refractivity contribution < 1.29 is 22.9 Å². The van der Waals surface area contributed by atoms with Crippen LogP contribution in [0.15, 0.2) is 44.5 Å². The lowest BCUT2D eigenvalue weighted by molar-refractivity contribution is -0.117. The average Bonchev–Trinajstić information content (AvgIpc) is 3.23. The molecule has 32 heavy (non-hydrogen) atoms. The minimum absolute atomic E-state index is 0.0168. The molecule has 0 spiro atoms. The van der Waals surface area contributed by atoms with Crippen LogP contribution in [0.1, 0.15) is 37.5 Å². The molecule has 1 amide bonds.